The summed E-state index contributed by atoms with van der Waals surface area (Å²) in [7, 11) is 0. The summed E-state index contributed by atoms with van der Waals surface area (Å²) in [5.74, 6) is 0.541. The first-order chi connectivity index (χ1) is 9.66. The zero-order chi connectivity index (χ0) is 14.1. The Balaban J connectivity index is 1.83. The second-order valence-corrected chi connectivity index (χ2v) is 5.22. The molecule has 2 heterocycles. The molecule has 0 radical (unpaired) electrons. The number of fused-ring (bicyclic) bond motifs is 1. The SMILES string of the molecule is CC1CNCC(C)N1C(=O)Oc1cccc2[nH]ncc12. The fourth-order valence-corrected chi connectivity index (χ4v) is 2.67. The number of amides is 1. The molecule has 2 aromatic rings. The predicted molar refractivity (Wildman–Crippen MR) is 75.8 cm³/mol. The van der Waals surface area contributed by atoms with Gasteiger partial charge in [-0.05, 0) is 26.0 Å². The van der Waals surface area contributed by atoms with Crippen LogP contribution in [0, 0.1) is 0 Å². The van der Waals surface area contributed by atoms with Gasteiger partial charge in [0.1, 0.15) is 5.75 Å². The number of carbonyl (C=O) groups excluding carboxylic acids is 1. The maximum atomic E-state index is 12.4. The molecule has 0 aliphatic carbocycles. The molecule has 1 saturated heterocycles. The molecule has 1 aliphatic rings. The quantitative estimate of drug-likeness (QED) is 0.831. The fraction of sp³-hybridized carbons (Fsp3) is 0.429. The molecule has 0 spiro atoms. The number of ether oxygens (including phenoxy) is 1. The molecule has 1 aliphatic heterocycles. The van der Waals surface area contributed by atoms with E-state index in [-0.39, 0.29) is 18.2 Å². The second kappa shape index (κ2) is 5.13. The molecule has 2 atom stereocenters. The lowest BCUT2D eigenvalue weighted by Crippen LogP contribution is -2.57. The molecule has 2 N–H and O–H groups in total. The fourth-order valence-electron chi connectivity index (χ4n) is 2.67. The molecule has 20 heavy (non-hydrogen) atoms. The third kappa shape index (κ3) is 2.22. The minimum atomic E-state index is -0.305. The number of benzene rings is 1. The van der Waals surface area contributed by atoms with Crippen molar-refractivity contribution in [2.24, 2.45) is 0 Å². The highest BCUT2D eigenvalue weighted by atomic mass is 16.6. The van der Waals surface area contributed by atoms with Gasteiger partial charge in [-0.2, -0.15) is 5.10 Å². The van der Waals surface area contributed by atoms with Crippen LogP contribution in [0.2, 0.25) is 0 Å². The highest BCUT2D eigenvalue weighted by Gasteiger charge is 2.30. The van der Waals surface area contributed by atoms with Crippen molar-refractivity contribution in [2.45, 2.75) is 25.9 Å². The van der Waals surface area contributed by atoms with Crippen molar-refractivity contribution in [3.8, 4) is 5.75 Å². The van der Waals surface area contributed by atoms with Crippen LogP contribution in [-0.2, 0) is 0 Å². The largest absolute Gasteiger partial charge is 0.415 e. The van der Waals surface area contributed by atoms with Gasteiger partial charge in [0.15, 0.2) is 0 Å². The van der Waals surface area contributed by atoms with E-state index >= 15 is 0 Å². The van der Waals surface area contributed by atoms with Gasteiger partial charge in [0, 0.05) is 25.2 Å². The Bertz CT molecular complexity index is 614. The summed E-state index contributed by atoms with van der Waals surface area (Å²) in [6.45, 7) is 5.61. The van der Waals surface area contributed by atoms with Crippen LogP contribution in [0.3, 0.4) is 0 Å². The summed E-state index contributed by atoms with van der Waals surface area (Å²) in [6.07, 6.45) is 1.36. The normalized spacial score (nSPS) is 23.0. The van der Waals surface area contributed by atoms with Gasteiger partial charge in [0.05, 0.1) is 17.1 Å². The van der Waals surface area contributed by atoms with E-state index in [1.807, 2.05) is 26.0 Å². The third-order valence-electron chi connectivity index (χ3n) is 3.68. The Morgan fingerprint density at radius 1 is 1.35 bits per heavy atom. The lowest BCUT2D eigenvalue weighted by Gasteiger charge is -2.38. The van der Waals surface area contributed by atoms with E-state index in [2.05, 4.69) is 15.5 Å². The molecular weight excluding hydrogens is 256 g/mol. The van der Waals surface area contributed by atoms with E-state index in [9.17, 15) is 4.79 Å². The highest BCUT2D eigenvalue weighted by Crippen LogP contribution is 2.25. The number of carbonyl (C=O) groups is 1. The number of rotatable bonds is 1. The summed E-state index contributed by atoms with van der Waals surface area (Å²) < 4.78 is 5.57. The molecule has 1 aromatic heterocycles. The Hall–Kier alpha value is -2.08. The van der Waals surface area contributed by atoms with E-state index < -0.39 is 0 Å². The molecule has 106 valence electrons. The number of nitrogens with one attached hydrogen (secondary N) is 2. The molecule has 6 heteroatoms. The summed E-state index contributed by atoms with van der Waals surface area (Å²) in [6, 6.07) is 5.76. The zero-order valence-electron chi connectivity index (χ0n) is 11.6. The summed E-state index contributed by atoms with van der Waals surface area (Å²) >= 11 is 0. The predicted octanol–water partition coefficient (Wildman–Crippen LogP) is 1.74. The first kappa shape index (κ1) is 12.9. The summed E-state index contributed by atoms with van der Waals surface area (Å²) in [4.78, 5) is 14.2. The Labute approximate surface area is 117 Å². The third-order valence-corrected chi connectivity index (χ3v) is 3.68. The topological polar surface area (TPSA) is 70.2 Å². The average molecular weight is 274 g/mol. The lowest BCUT2D eigenvalue weighted by molar-refractivity contribution is 0.0973. The van der Waals surface area contributed by atoms with Gasteiger partial charge < -0.3 is 10.1 Å². The number of aromatic nitrogens is 2. The number of hydrogen-bond acceptors (Lipinski definition) is 4. The van der Waals surface area contributed by atoms with Crippen molar-refractivity contribution in [3.63, 3.8) is 0 Å². The summed E-state index contributed by atoms with van der Waals surface area (Å²) in [5.41, 5.74) is 0.858. The minimum absolute atomic E-state index is 0.120. The molecule has 1 aromatic carbocycles. The Kier molecular flexibility index (Phi) is 3.31. The van der Waals surface area contributed by atoms with Gasteiger partial charge in [0.25, 0.3) is 0 Å². The van der Waals surface area contributed by atoms with E-state index in [4.69, 9.17) is 4.74 Å². The van der Waals surface area contributed by atoms with Gasteiger partial charge in [-0.25, -0.2) is 4.79 Å². The van der Waals surface area contributed by atoms with Crippen molar-refractivity contribution in [2.75, 3.05) is 13.1 Å². The minimum Gasteiger partial charge on any atom is -0.409 e. The number of H-pyrrole nitrogens is 1. The van der Waals surface area contributed by atoms with Crippen LogP contribution in [0.5, 0.6) is 5.75 Å². The van der Waals surface area contributed by atoms with Crippen LogP contribution >= 0.6 is 0 Å². The average Bonchev–Trinajstić information content (AvgIpc) is 2.88. The maximum absolute atomic E-state index is 12.4. The number of piperazine rings is 1. The smallest absolute Gasteiger partial charge is 0.409 e. The van der Waals surface area contributed by atoms with Gasteiger partial charge in [-0.3, -0.25) is 10.00 Å². The Morgan fingerprint density at radius 2 is 2.10 bits per heavy atom. The standard InChI is InChI=1S/C14H18N4O2/c1-9-6-15-7-10(2)18(9)14(19)20-13-5-3-4-12-11(13)8-16-17-12/h3-5,8-10,15H,6-7H2,1-2H3,(H,16,17). The lowest BCUT2D eigenvalue weighted by atomic mass is 10.1. The molecule has 0 saturated carbocycles. The maximum Gasteiger partial charge on any atom is 0.415 e. The first-order valence-electron chi connectivity index (χ1n) is 6.80. The molecule has 6 nitrogen and oxygen atoms in total. The Morgan fingerprint density at radius 3 is 2.85 bits per heavy atom. The van der Waals surface area contributed by atoms with Crippen LogP contribution in [0.25, 0.3) is 10.9 Å². The van der Waals surface area contributed by atoms with Crippen molar-refractivity contribution in [1.82, 2.24) is 20.4 Å². The van der Waals surface area contributed by atoms with Crippen LogP contribution in [-0.4, -0.2) is 46.4 Å². The number of aromatic amines is 1. The van der Waals surface area contributed by atoms with Crippen LogP contribution < -0.4 is 10.1 Å². The number of nitrogens with zero attached hydrogens (tertiary/aromatic N) is 2. The van der Waals surface area contributed by atoms with Gasteiger partial charge in [-0.15, -0.1) is 0 Å². The van der Waals surface area contributed by atoms with E-state index in [1.165, 1.54) is 0 Å². The van der Waals surface area contributed by atoms with Crippen LogP contribution in [0.1, 0.15) is 13.8 Å². The van der Waals surface area contributed by atoms with Crippen LogP contribution in [0.4, 0.5) is 4.79 Å². The van der Waals surface area contributed by atoms with Gasteiger partial charge in [0.2, 0.25) is 0 Å². The molecule has 3 rings (SSSR count). The first-order valence-corrected chi connectivity index (χ1v) is 6.80. The monoisotopic (exact) mass is 274 g/mol. The van der Waals surface area contributed by atoms with Crippen molar-refractivity contribution in [1.29, 1.82) is 0 Å². The molecule has 1 fully saturated rings. The molecule has 0 bridgehead atoms. The molecular formula is C14H18N4O2. The van der Waals surface area contributed by atoms with Gasteiger partial charge in [-0.1, -0.05) is 6.07 Å². The van der Waals surface area contributed by atoms with E-state index in [0.717, 1.165) is 24.0 Å². The summed E-state index contributed by atoms with van der Waals surface area (Å²) in [5, 5.41) is 10.9. The van der Waals surface area contributed by atoms with Crippen molar-refractivity contribution in [3.05, 3.63) is 24.4 Å². The molecule has 2 unspecified atom stereocenters. The number of hydrogen-bond donors (Lipinski definition) is 2. The van der Waals surface area contributed by atoms with Gasteiger partial charge >= 0.3 is 6.09 Å². The van der Waals surface area contributed by atoms with E-state index in [0.29, 0.717) is 5.75 Å². The van der Waals surface area contributed by atoms with E-state index in [1.54, 1.807) is 17.2 Å². The van der Waals surface area contributed by atoms with Crippen molar-refractivity contribution < 1.29 is 9.53 Å². The van der Waals surface area contributed by atoms with Crippen LogP contribution in [0.15, 0.2) is 24.4 Å². The zero-order valence-corrected chi connectivity index (χ0v) is 11.6. The molecule has 1 amide bonds. The second-order valence-electron chi connectivity index (χ2n) is 5.22. The van der Waals surface area contributed by atoms with Crippen molar-refractivity contribution >= 4 is 17.0 Å². The highest BCUT2D eigenvalue weighted by molar-refractivity contribution is 5.87.